The van der Waals surface area contributed by atoms with Gasteiger partial charge < -0.3 is 9.47 Å². The Morgan fingerprint density at radius 2 is 2.15 bits per heavy atom. The molecular weight excluding hydrogens is 272 g/mol. The first-order valence-electron chi connectivity index (χ1n) is 6.42. The second-order valence-corrected chi connectivity index (χ2v) is 5.48. The molecule has 0 spiro atoms. The van der Waals surface area contributed by atoms with Crippen molar-refractivity contribution in [3.8, 4) is 5.75 Å². The van der Waals surface area contributed by atoms with Crippen molar-refractivity contribution in [2.45, 2.75) is 6.10 Å². The zero-order valence-corrected chi connectivity index (χ0v) is 11.6. The van der Waals surface area contributed by atoms with Crippen molar-refractivity contribution < 1.29 is 14.3 Å². The van der Waals surface area contributed by atoms with Crippen LogP contribution < -0.4 is 4.74 Å². The topological polar surface area (TPSA) is 38.8 Å². The number of ether oxygens (including phenoxy) is 2. The Morgan fingerprint density at radius 3 is 2.80 bits per heavy atom. The Morgan fingerprint density at radius 1 is 1.35 bits per heavy atom. The van der Waals surface area contributed by atoms with Gasteiger partial charge in [0.15, 0.2) is 5.78 Å². The first-order chi connectivity index (χ1) is 9.81. The quantitative estimate of drug-likeness (QED) is 0.464. The lowest BCUT2D eigenvalue weighted by Crippen LogP contribution is -2.04. The minimum atomic E-state index is -0.00419. The molecule has 0 N–H and O–H groups in total. The van der Waals surface area contributed by atoms with E-state index < -0.39 is 0 Å². The third-order valence-corrected chi connectivity index (χ3v) is 3.76. The average molecular weight is 286 g/mol. The number of epoxide rings is 1. The van der Waals surface area contributed by atoms with E-state index in [1.807, 2.05) is 35.7 Å². The number of hydrogen-bond donors (Lipinski definition) is 0. The minimum Gasteiger partial charge on any atom is -0.491 e. The summed E-state index contributed by atoms with van der Waals surface area (Å²) in [6.45, 7) is 1.36. The van der Waals surface area contributed by atoms with Crippen LogP contribution in [0.25, 0.3) is 6.08 Å². The lowest BCUT2D eigenvalue weighted by atomic mass is 10.1. The first kappa shape index (κ1) is 13.1. The molecule has 1 aromatic heterocycles. The molecule has 20 heavy (non-hydrogen) atoms. The van der Waals surface area contributed by atoms with Gasteiger partial charge in [-0.05, 0) is 47.9 Å². The molecule has 1 atom stereocenters. The Labute approximate surface area is 121 Å². The standard InChI is InChI=1S/C16H14O3S/c17-16(8-7-15-2-1-9-20-15)12-3-5-13(6-4-12)18-10-14-11-19-14/h1-9,14H,10-11H2/b8-7+. The first-order valence-corrected chi connectivity index (χ1v) is 7.29. The number of thiophene rings is 1. The molecule has 3 rings (SSSR count). The van der Waals surface area contributed by atoms with E-state index in [0.29, 0.717) is 12.2 Å². The van der Waals surface area contributed by atoms with Gasteiger partial charge in [0.2, 0.25) is 0 Å². The SMILES string of the molecule is O=C(/C=C/c1cccs1)c1ccc(OCC2CO2)cc1. The maximum atomic E-state index is 12.0. The summed E-state index contributed by atoms with van der Waals surface area (Å²) in [5.74, 6) is 0.759. The molecule has 1 aliphatic rings. The predicted molar refractivity (Wildman–Crippen MR) is 79.4 cm³/mol. The van der Waals surface area contributed by atoms with Crippen molar-refractivity contribution in [2.75, 3.05) is 13.2 Å². The van der Waals surface area contributed by atoms with E-state index in [0.717, 1.165) is 17.2 Å². The molecule has 0 aliphatic carbocycles. The second kappa shape index (κ2) is 6.03. The van der Waals surface area contributed by atoms with Gasteiger partial charge in [-0.2, -0.15) is 0 Å². The number of hydrogen-bond acceptors (Lipinski definition) is 4. The van der Waals surface area contributed by atoms with E-state index in [9.17, 15) is 4.79 Å². The maximum absolute atomic E-state index is 12.0. The highest BCUT2D eigenvalue weighted by atomic mass is 32.1. The summed E-state index contributed by atoms with van der Waals surface area (Å²) < 4.78 is 10.6. The number of rotatable bonds is 6. The Kier molecular flexibility index (Phi) is 3.95. The Balaban J connectivity index is 1.59. The second-order valence-electron chi connectivity index (χ2n) is 4.50. The summed E-state index contributed by atoms with van der Waals surface area (Å²) in [5, 5.41) is 1.99. The van der Waals surface area contributed by atoms with Gasteiger partial charge in [-0.1, -0.05) is 6.07 Å². The summed E-state index contributed by atoms with van der Waals surface area (Å²) in [6, 6.07) is 11.1. The number of carbonyl (C=O) groups is 1. The summed E-state index contributed by atoms with van der Waals surface area (Å²) in [4.78, 5) is 13.1. The minimum absolute atomic E-state index is 0.00419. The highest BCUT2D eigenvalue weighted by Gasteiger charge is 2.22. The highest BCUT2D eigenvalue weighted by Crippen LogP contribution is 2.17. The summed E-state index contributed by atoms with van der Waals surface area (Å²) in [7, 11) is 0. The Bertz CT molecular complexity index is 595. The van der Waals surface area contributed by atoms with E-state index in [1.54, 1.807) is 29.5 Å². The molecule has 2 heterocycles. The van der Waals surface area contributed by atoms with Crippen LogP contribution in [0.2, 0.25) is 0 Å². The summed E-state index contributed by atoms with van der Waals surface area (Å²) >= 11 is 1.61. The Hall–Kier alpha value is -1.91. The number of carbonyl (C=O) groups excluding carboxylic acids is 1. The fourth-order valence-corrected chi connectivity index (χ4v) is 2.33. The number of benzene rings is 1. The van der Waals surface area contributed by atoms with E-state index >= 15 is 0 Å². The summed E-state index contributed by atoms with van der Waals surface area (Å²) in [6.07, 6.45) is 3.67. The molecule has 102 valence electrons. The third kappa shape index (κ3) is 3.56. The fraction of sp³-hybridized carbons (Fsp3) is 0.188. The zero-order valence-electron chi connectivity index (χ0n) is 10.8. The molecule has 1 aromatic carbocycles. The van der Waals surface area contributed by atoms with Gasteiger partial charge in [0.1, 0.15) is 18.5 Å². The monoisotopic (exact) mass is 286 g/mol. The molecule has 1 saturated heterocycles. The predicted octanol–water partition coefficient (Wildman–Crippen LogP) is 3.42. The van der Waals surface area contributed by atoms with E-state index in [-0.39, 0.29) is 11.9 Å². The van der Waals surface area contributed by atoms with Crippen molar-refractivity contribution in [3.63, 3.8) is 0 Å². The van der Waals surface area contributed by atoms with Crippen molar-refractivity contribution >= 4 is 23.2 Å². The van der Waals surface area contributed by atoms with Gasteiger partial charge in [0.05, 0.1) is 6.61 Å². The van der Waals surface area contributed by atoms with E-state index in [4.69, 9.17) is 9.47 Å². The van der Waals surface area contributed by atoms with Crippen molar-refractivity contribution in [2.24, 2.45) is 0 Å². The largest absolute Gasteiger partial charge is 0.491 e. The molecule has 0 amide bonds. The van der Waals surface area contributed by atoms with Crippen LogP contribution in [0.15, 0.2) is 47.9 Å². The normalized spacial score (nSPS) is 17.3. The maximum Gasteiger partial charge on any atom is 0.185 e. The zero-order chi connectivity index (χ0) is 13.8. The van der Waals surface area contributed by atoms with Gasteiger partial charge in [-0.15, -0.1) is 11.3 Å². The van der Waals surface area contributed by atoms with E-state index in [1.165, 1.54) is 0 Å². The molecule has 1 unspecified atom stereocenters. The molecule has 1 fully saturated rings. The molecule has 0 radical (unpaired) electrons. The lowest BCUT2D eigenvalue weighted by Gasteiger charge is -2.04. The van der Waals surface area contributed by atoms with Gasteiger partial charge in [-0.3, -0.25) is 4.79 Å². The molecule has 4 heteroatoms. The van der Waals surface area contributed by atoms with Crippen LogP contribution >= 0.6 is 11.3 Å². The lowest BCUT2D eigenvalue weighted by molar-refractivity contribution is 0.104. The fourth-order valence-electron chi connectivity index (χ4n) is 1.71. The molecule has 3 nitrogen and oxygen atoms in total. The van der Waals surface area contributed by atoms with Crippen molar-refractivity contribution in [3.05, 3.63) is 58.3 Å². The van der Waals surface area contributed by atoms with Gasteiger partial charge in [-0.25, -0.2) is 0 Å². The number of ketones is 1. The van der Waals surface area contributed by atoms with Gasteiger partial charge in [0, 0.05) is 10.4 Å². The third-order valence-electron chi connectivity index (χ3n) is 2.92. The molecule has 0 bridgehead atoms. The summed E-state index contributed by atoms with van der Waals surface area (Å²) in [5.41, 5.74) is 0.660. The smallest absolute Gasteiger partial charge is 0.185 e. The van der Waals surface area contributed by atoms with Crippen LogP contribution in [0.1, 0.15) is 15.2 Å². The van der Waals surface area contributed by atoms with Crippen LogP contribution in [0.4, 0.5) is 0 Å². The van der Waals surface area contributed by atoms with Crippen LogP contribution in [-0.4, -0.2) is 25.1 Å². The highest BCUT2D eigenvalue weighted by molar-refractivity contribution is 7.10. The van der Waals surface area contributed by atoms with E-state index in [2.05, 4.69) is 0 Å². The average Bonchev–Trinajstić information content (AvgIpc) is 3.17. The van der Waals surface area contributed by atoms with Crippen molar-refractivity contribution in [1.29, 1.82) is 0 Å². The molecular formula is C16H14O3S. The van der Waals surface area contributed by atoms with Crippen LogP contribution in [0.5, 0.6) is 5.75 Å². The van der Waals surface area contributed by atoms with Gasteiger partial charge in [0.25, 0.3) is 0 Å². The van der Waals surface area contributed by atoms with Crippen LogP contribution in [0.3, 0.4) is 0 Å². The van der Waals surface area contributed by atoms with Crippen molar-refractivity contribution in [1.82, 2.24) is 0 Å². The van der Waals surface area contributed by atoms with Crippen LogP contribution in [-0.2, 0) is 4.74 Å². The number of allylic oxidation sites excluding steroid dienone is 1. The van der Waals surface area contributed by atoms with Gasteiger partial charge >= 0.3 is 0 Å². The molecule has 2 aromatic rings. The van der Waals surface area contributed by atoms with Crippen LogP contribution in [0, 0.1) is 0 Å². The molecule has 0 saturated carbocycles. The molecule has 1 aliphatic heterocycles.